The molecule has 0 radical (unpaired) electrons. The summed E-state index contributed by atoms with van der Waals surface area (Å²) in [5.41, 5.74) is 1.12. The number of esters is 1. The number of hydrogen-bond donors (Lipinski definition) is 2. The van der Waals surface area contributed by atoms with Gasteiger partial charge in [0, 0.05) is 17.3 Å². The first-order valence-corrected chi connectivity index (χ1v) is 7.49. The molecule has 2 amide bonds. The van der Waals surface area contributed by atoms with Gasteiger partial charge >= 0.3 is 12.0 Å². The number of nitrogens with one attached hydrogen (secondary N) is 2. The van der Waals surface area contributed by atoms with Crippen LogP contribution in [-0.2, 0) is 14.3 Å². The molecule has 1 heterocycles. The predicted molar refractivity (Wildman–Crippen MR) is 84.0 cm³/mol. The Hall–Kier alpha value is -1.86. The van der Waals surface area contributed by atoms with Crippen molar-refractivity contribution in [1.82, 2.24) is 10.6 Å². The van der Waals surface area contributed by atoms with Gasteiger partial charge in [0.05, 0.1) is 12.6 Å². The van der Waals surface area contributed by atoms with Gasteiger partial charge in [0.25, 0.3) is 0 Å². The van der Waals surface area contributed by atoms with E-state index in [0.29, 0.717) is 12.3 Å². The number of benzene rings is 1. The third-order valence-corrected chi connectivity index (χ3v) is 3.81. The van der Waals surface area contributed by atoms with E-state index in [0.717, 1.165) is 10.0 Å². The highest BCUT2D eigenvalue weighted by atomic mass is 79.9. The molecule has 0 unspecified atom stereocenters. The number of urea groups is 1. The summed E-state index contributed by atoms with van der Waals surface area (Å²) in [6.45, 7) is 4.24. The van der Waals surface area contributed by atoms with Crippen molar-refractivity contribution in [2.45, 2.75) is 6.04 Å². The SMILES string of the molecule is C=C1NC(=O)N[C@@H](c2ccc(Br)cc2)[C@@H]1C(=O)OCCOC. The van der Waals surface area contributed by atoms with Crippen molar-refractivity contribution in [2.75, 3.05) is 20.3 Å². The molecule has 7 heteroatoms. The van der Waals surface area contributed by atoms with Gasteiger partial charge in [0.15, 0.2) is 0 Å². The monoisotopic (exact) mass is 368 g/mol. The normalized spacial score (nSPS) is 21.0. The highest BCUT2D eigenvalue weighted by Gasteiger charge is 2.38. The molecule has 2 N–H and O–H groups in total. The van der Waals surface area contributed by atoms with Gasteiger partial charge in [-0.25, -0.2) is 4.79 Å². The smallest absolute Gasteiger partial charge is 0.319 e. The van der Waals surface area contributed by atoms with Crippen LogP contribution in [0.4, 0.5) is 4.79 Å². The maximum atomic E-state index is 12.3. The van der Waals surface area contributed by atoms with Crippen LogP contribution in [0.15, 0.2) is 41.0 Å². The third-order valence-electron chi connectivity index (χ3n) is 3.28. The first-order chi connectivity index (χ1) is 10.5. The Bertz CT molecular complexity index is 573. The summed E-state index contributed by atoms with van der Waals surface area (Å²) >= 11 is 3.36. The van der Waals surface area contributed by atoms with E-state index in [1.165, 1.54) is 7.11 Å². The predicted octanol–water partition coefficient (Wildman–Crippen LogP) is 2.12. The van der Waals surface area contributed by atoms with Crippen LogP contribution >= 0.6 is 15.9 Å². The van der Waals surface area contributed by atoms with Gasteiger partial charge in [0.2, 0.25) is 0 Å². The molecule has 0 saturated carbocycles. The summed E-state index contributed by atoms with van der Waals surface area (Å²) in [5.74, 6) is -1.15. The topological polar surface area (TPSA) is 76.7 Å². The van der Waals surface area contributed by atoms with Crippen LogP contribution < -0.4 is 10.6 Å². The van der Waals surface area contributed by atoms with Crippen molar-refractivity contribution in [2.24, 2.45) is 5.92 Å². The van der Waals surface area contributed by atoms with E-state index < -0.39 is 17.9 Å². The Morgan fingerprint density at radius 2 is 2.00 bits per heavy atom. The van der Waals surface area contributed by atoms with Gasteiger partial charge < -0.3 is 20.1 Å². The van der Waals surface area contributed by atoms with Gasteiger partial charge in [0.1, 0.15) is 12.5 Å². The second kappa shape index (κ2) is 7.42. The fourth-order valence-electron chi connectivity index (χ4n) is 2.23. The first-order valence-electron chi connectivity index (χ1n) is 6.70. The van der Waals surface area contributed by atoms with Gasteiger partial charge in [-0.1, -0.05) is 34.6 Å². The van der Waals surface area contributed by atoms with Crippen molar-refractivity contribution in [1.29, 1.82) is 0 Å². The van der Waals surface area contributed by atoms with Gasteiger partial charge in [-0.2, -0.15) is 0 Å². The molecule has 22 heavy (non-hydrogen) atoms. The molecule has 0 spiro atoms. The van der Waals surface area contributed by atoms with Crippen molar-refractivity contribution in [3.05, 3.63) is 46.6 Å². The molecular weight excluding hydrogens is 352 g/mol. The van der Waals surface area contributed by atoms with Crippen LogP contribution in [0.5, 0.6) is 0 Å². The molecule has 0 aliphatic carbocycles. The van der Waals surface area contributed by atoms with Crippen LogP contribution in [0.25, 0.3) is 0 Å². The number of amides is 2. The highest BCUT2D eigenvalue weighted by Crippen LogP contribution is 2.31. The zero-order valence-electron chi connectivity index (χ0n) is 12.1. The highest BCUT2D eigenvalue weighted by molar-refractivity contribution is 9.10. The molecule has 1 fully saturated rings. The molecule has 1 aromatic rings. The van der Waals surface area contributed by atoms with Crippen LogP contribution in [0, 0.1) is 5.92 Å². The van der Waals surface area contributed by atoms with E-state index in [9.17, 15) is 9.59 Å². The fraction of sp³-hybridized carbons (Fsp3) is 0.333. The van der Waals surface area contributed by atoms with E-state index >= 15 is 0 Å². The molecule has 2 atom stereocenters. The standard InChI is InChI=1S/C15H17BrN2O4/c1-9-12(14(19)22-8-7-21-2)13(18-15(20)17-9)10-3-5-11(16)6-4-10/h3-6,12-13H,1,7-8H2,2H3,(H2,17,18,20)/t12-,13+/m1/s1. The zero-order valence-corrected chi connectivity index (χ0v) is 13.7. The summed E-state index contributed by atoms with van der Waals surface area (Å²) < 4.78 is 10.9. The molecular formula is C15H17BrN2O4. The molecule has 118 valence electrons. The second-order valence-corrected chi connectivity index (χ2v) is 5.71. The Labute approximate surface area is 137 Å². The van der Waals surface area contributed by atoms with Crippen LogP contribution in [-0.4, -0.2) is 32.3 Å². The minimum atomic E-state index is -0.698. The van der Waals surface area contributed by atoms with Crippen molar-refractivity contribution < 1.29 is 19.1 Å². The summed E-state index contributed by atoms with van der Waals surface area (Å²) in [4.78, 5) is 24.0. The van der Waals surface area contributed by atoms with Crippen molar-refractivity contribution >= 4 is 27.9 Å². The largest absolute Gasteiger partial charge is 0.463 e. The van der Waals surface area contributed by atoms with Gasteiger partial charge in [-0.05, 0) is 17.7 Å². The Morgan fingerprint density at radius 3 is 2.64 bits per heavy atom. The maximum Gasteiger partial charge on any atom is 0.319 e. The first kappa shape index (κ1) is 16.5. The van der Waals surface area contributed by atoms with E-state index in [2.05, 4.69) is 33.1 Å². The Balaban J connectivity index is 2.21. The number of rotatable bonds is 5. The average Bonchev–Trinajstić information content (AvgIpc) is 2.47. The molecule has 1 aliphatic heterocycles. The molecule has 1 saturated heterocycles. The summed E-state index contributed by atoms with van der Waals surface area (Å²) in [6.07, 6.45) is 0. The lowest BCUT2D eigenvalue weighted by molar-refractivity contribution is -0.149. The molecule has 1 aromatic carbocycles. The number of carbonyl (C=O) groups excluding carboxylic acids is 2. The number of ether oxygens (including phenoxy) is 2. The number of carbonyl (C=O) groups is 2. The number of methoxy groups -OCH3 is 1. The quantitative estimate of drug-likeness (QED) is 0.616. The van der Waals surface area contributed by atoms with Crippen LogP contribution in [0.3, 0.4) is 0 Å². The van der Waals surface area contributed by atoms with E-state index in [1.807, 2.05) is 24.3 Å². The Kier molecular flexibility index (Phi) is 5.57. The van der Waals surface area contributed by atoms with E-state index in [1.54, 1.807) is 0 Å². The Morgan fingerprint density at radius 1 is 1.32 bits per heavy atom. The second-order valence-electron chi connectivity index (χ2n) is 4.79. The lowest BCUT2D eigenvalue weighted by Crippen LogP contribution is -2.51. The molecule has 0 bridgehead atoms. The van der Waals surface area contributed by atoms with E-state index in [-0.39, 0.29) is 12.6 Å². The van der Waals surface area contributed by atoms with Gasteiger partial charge in [-0.3, -0.25) is 4.79 Å². The van der Waals surface area contributed by atoms with Gasteiger partial charge in [-0.15, -0.1) is 0 Å². The number of hydrogen-bond acceptors (Lipinski definition) is 4. The molecule has 2 rings (SSSR count). The average molecular weight is 369 g/mol. The molecule has 6 nitrogen and oxygen atoms in total. The summed E-state index contributed by atoms with van der Waals surface area (Å²) in [5, 5.41) is 5.27. The molecule has 0 aromatic heterocycles. The summed E-state index contributed by atoms with van der Waals surface area (Å²) in [7, 11) is 1.53. The van der Waals surface area contributed by atoms with Crippen molar-refractivity contribution in [3.8, 4) is 0 Å². The number of halogens is 1. The van der Waals surface area contributed by atoms with Crippen molar-refractivity contribution in [3.63, 3.8) is 0 Å². The fourth-order valence-corrected chi connectivity index (χ4v) is 2.49. The maximum absolute atomic E-state index is 12.3. The zero-order chi connectivity index (χ0) is 16.1. The third kappa shape index (κ3) is 3.86. The molecule has 1 aliphatic rings. The minimum absolute atomic E-state index is 0.153. The van der Waals surface area contributed by atoms with E-state index in [4.69, 9.17) is 9.47 Å². The summed E-state index contributed by atoms with van der Waals surface area (Å²) in [6, 6.07) is 6.45. The lowest BCUT2D eigenvalue weighted by atomic mass is 9.89. The van der Waals surface area contributed by atoms with Crippen LogP contribution in [0.2, 0.25) is 0 Å². The van der Waals surface area contributed by atoms with Crippen LogP contribution in [0.1, 0.15) is 11.6 Å². The lowest BCUT2D eigenvalue weighted by Gasteiger charge is -2.33. The minimum Gasteiger partial charge on any atom is -0.463 e.